The molecule has 1 N–H and O–H groups in total. The molecule has 0 aromatic rings. The molecule has 0 spiro atoms. The molecule has 0 aliphatic carbocycles. The average molecular weight is 190 g/mol. The molecule has 0 fully saturated rings. The summed E-state index contributed by atoms with van der Waals surface area (Å²) in [4.78, 5) is 12.2. The van der Waals surface area contributed by atoms with E-state index in [2.05, 4.69) is 0 Å². The first-order valence-corrected chi connectivity index (χ1v) is 4.47. The number of nitrogens with zero attached hydrogens (tertiary/aromatic N) is 2. The monoisotopic (exact) mass is 190 g/mol. The van der Waals surface area contributed by atoms with Crippen molar-refractivity contribution < 1.29 is 10.0 Å². The Morgan fingerprint density at radius 2 is 1.92 bits per heavy atom. The van der Waals surface area contributed by atoms with Crippen LogP contribution in [0.4, 0.5) is 0 Å². The van der Waals surface area contributed by atoms with E-state index in [9.17, 15) is 10.1 Å². The Bertz CT molecular complexity index is 171. The van der Waals surface area contributed by atoms with Crippen molar-refractivity contribution in [1.29, 1.82) is 0 Å². The fourth-order valence-corrected chi connectivity index (χ4v) is 1.09. The number of likely N-dealkylation sites (N-methyl/N-ethyl adjacent to an activating group) is 1. The normalized spacial score (nSPS) is 15.8. The minimum Gasteiger partial charge on any atom is -0.389 e. The summed E-state index contributed by atoms with van der Waals surface area (Å²) in [5.41, 5.74) is -1.23. The number of aliphatic hydroxyl groups excluding tert-OH is 1. The van der Waals surface area contributed by atoms with Crippen molar-refractivity contribution >= 4 is 0 Å². The lowest BCUT2D eigenvalue weighted by Crippen LogP contribution is -2.49. The molecule has 0 radical (unpaired) electrons. The third-order valence-corrected chi connectivity index (χ3v) is 2.24. The number of aliphatic hydroxyl groups is 1. The first-order chi connectivity index (χ1) is 6.00. The second kappa shape index (κ2) is 5.14. The van der Waals surface area contributed by atoms with Crippen LogP contribution >= 0.6 is 0 Å². The first kappa shape index (κ1) is 12.3. The fourth-order valence-electron chi connectivity index (χ4n) is 1.09. The summed E-state index contributed by atoms with van der Waals surface area (Å²) >= 11 is 0. The second-order valence-corrected chi connectivity index (χ2v) is 3.37. The van der Waals surface area contributed by atoms with E-state index in [-0.39, 0.29) is 0 Å². The second-order valence-electron chi connectivity index (χ2n) is 3.37. The van der Waals surface area contributed by atoms with Crippen LogP contribution in [0.2, 0.25) is 0 Å². The van der Waals surface area contributed by atoms with Crippen molar-refractivity contribution in [2.75, 3.05) is 26.2 Å². The van der Waals surface area contributed by atoms with Crippen molar-refractivity contribution in [2.24, 2.45) is 0 Å². The number of hydrogen-bond donors (Lipinski definition) is 1. The zero-order chi connectivity index (χ0) is 10.5. The van der Waals surface area contributed by atoms with Crippen molar-refractivity contribution in [3.05, 3.63) is 10.1 Å². The number of rotatable bonds is 6. The molecule has 13 heavy (non-hydrogen) atoms. The maximum atomic E-state index is 10.6. The number of nitro groups is 1. The van der Waals surface area contributed by atoms with Crippen LogP contribution < -0.4 is 0 Å². The minimum absolute atomic E-state index is 0.295. The van der Waals surface area contributed by atoms with Gasteiger partial charge in [-0.1, -0.05) is 13.8 Å². The molecular formula is C8H18N2O3. The van der Waals surface area contributed by atoms with E-state index >= 15 is 0 Å². The molecule has 78 valence electrons. The van der Waals surface area contributed by atoms with Gasteiger partial charge in [-0.05, 0) is 13.1 Å². The largest absolute Gasteiger partial charge is 0.389 e. The van der Waals surface area contributed by atoms with Crippen molar-refractivity contribution in [1.82, 2.24) is 4.90 Å². The van der Waals surface area contributed by atoms with E-state index in [4.69, 9.17) is 5.11 Å². The Balaban J connectivity index is 4.33. The topological polar surface area (TPSA) is 66.6 Å². The van der Waals surface area contributed by atoms with Crippen LogP contribution in [-0.2, 0) is 0 Å². The van der Waals surface area contributed by atoms with Gasteiger partial charge in [-0.3, -0.25) is 15.0 Å². The lowest BCUT2D eigenvalue weighted by atomic mass is 10.0. The van der Waals surface area contributed by atoms with E-state index in [1.807, 2.05) is 18.7 Å². The zero-order valence-corrected chi connectivity index (χ0v) is 8.49. The van der Waals surface area contributed by atoms with Gasteiger partial charge < -0.3 is 5.11 Å². The summed E-state index contributed by atoms with van der Waals surface area (Å²) in [6.45, 7) is 6.76. The summed E-state index contributed by atoms with van der Waals surface area (Å²) in [5, 5.41) is 19.6. The molecular weight excluding hydrogens is 172 g/mol. The van der Waals surface area contributed by atoms with Gasteiger partial charge in [0.2, 0.25) is 0 Å². The SMILES string of the molecule is CCN(CC)CC(C)(CO)[N+](=O)[O-]. The molecule has 5 nitrogen and oxygen atoms in total. The minimum atomic E-state index is -1.23. The molecule has 0 aliphatic heterocycles. The van der Waals surface area contributed by atoms with E-state index in [0.29, 0.717) is 6.54 Å². The van der Waals surface area contributed by atoms with E-state index in [0.717, 1.165) is 13.1 Å². The van der Waals surface area contributed by atoms with Gasteiger partial charge in [0, 0.05) is 11.8 Å². The van der Waals surface area contributed by atoms with Crippen LogP contribution in [-0.4, -0.2) is 46.7 Å². The molecule has 1 atom stereocenters. The molecule has 0 aromatic carbocycles. The lowest BCUT2D eigenvalue weighted by Gasteiger charge is -2.26. The quantitative estimate of drug-likeness (QED) is 0.485. The summed E-state index contributed by atoms with van der Waals surface area (Å²) in [7, 11) is 0. The highest BCUT2D eigenvalue weighted by Crippen LogP contribution is 2.10. The van der Waals surface area contributed by atoms with Crippen LogP contribution in [0.1, 0.15) is 20.8 Å². The van der Waals surface area contributed by atoms with Crippen molar-refractivity contribution in [2.45, 2.75) is 26.3 Å². The van der Waals surface area contributed by atoms with Gasteiger partial charge >= 0.3 is 0 Å². The lowest BCUT2D eigenvalue weighted by molar-refractivity contribution is -0.569. The molecule has 0 saturated carbocycles. The average Bonchev–Trinajstić information content (AvgIpc) is 2.13. The molecule has 1 unspecified atom stereocenters. The highest BCUT2D eigenvalue weighted by Gasteiger charge is 2.37. The number of hydrogen-bond acceptors (Lipinski definition) is 4. The molecule has 0 aliphatic rings. The summed E-state index contributed by atoms with van der Waals surface area (Å²) in [6, 6.07) is 0. The maximum absolute atomic E-state index is 10.6. The van der Waals surface area contributed by atoms with Crippen LogP contribution in [0.25, 0.3) is 0 Å². The van der Waals surface area contributed by atoms with E-state index < -0.39 is 17.1 Å². The van der Waals surface area contributed by atoms with Gasteiger partial charge in [-0.15, -0.1) is 0 Å². The highest BCUT2D eigenvalue weighted by atomic mass is 16.6. The Morgan fingerprint density at radius 1 is 1.46 bits per heavy atom. The smallest absolute Gasteiger partial charge is 0.254 e. The van der Waals surface area contributed by atoms with Gasteiger partial charge in [-0.25, -0.2) is 0 Å². The van der Waals surface area contributed by atoms with E-state index in [1.54, 1.807) is 0 Å². The molecule has 0 aromatic heterocycles. The third kappa shape index (κ3) is 3.28. The first-order valence-electron chi connectivity index (χ1n) is 4.47. The Hall–Kier alpha value is -0.680. The molecule has 0 rings (SSSR count). The fraction of sp³-hybridized carbons (Fsp3) is 1.00. The third-order valence-electron chi connectivity index (χ3n) is 2.24. The van der Waals surface area contributed by atoms with Crippen LogP contribution in [0.15, 0.2) is 0 Å². The molecule has 5 heteroatoms. The van der Waals surface area contributed by atoms with Gasteiger partial charge in [0.15, 0.2) is 0 Å². The summed E-state index contributed by atoms with van der Waals surface area (Å²) in [5.74, 6) is 0. The van der Waals surface area contributed by atoms with Crippen molar-refractivity contribution in [3.63, 3.8) is 0 Å². The van der Waals surface area contributed by atoms with E-state index in [1.165, 1.54) is 6.92 Å². The predicted molar refractivity (Wildman–Crippen MR) is 50.3 cm³/mol. The summed E-state index contributed by atoms with van der Waals surface area (Å²) in [6.07, 6.45) is 0. The standard InChI is InChI=1S/C8H18N2O3/c1-4-9(5-2)6-8(3,7-11)10(12)13/h11H,4-7H2,1-3H3. The molecule has 0 amide bonds. The zero-order valence-electron chi connectivity index (χ0n) is 8.49. The van der Waals surface area contributed by atoms with Gasteiger partial charge in [0.25, 0.3) is 5.54 Å². The van der Waals surface area contributed by atoms with Crippen LogP contribution in [0.3, 0.4) is 0 Å². The predicted octanol–water partition coefficient (Wildman–Crippen LogP) is 0.356. The maximum Gasteiger partial charge on any atom is 0.254 e. The van der Waals surface area contributed by atoms with Crippen LogP contribution in [0.5, 0.6) is 0 Å². The highest BCUT2D eigenvalue weighted by molar-refractivity contribution is 4.76. The Morgan fingerprint density at radius 3 is 2.15 bits per heavy atom. The van der Waals surface area contributed by atoms with Gasteiger partial charge in [-0.2, -0.15) is 0 Å². The van der Waals surface area contributed by atoms with Gasteiger partial charge in [0.05, 0.1) is 6.54 Å². The van der Waals surface area contributed by atoms with Gasteiger partial charge in [0.1, 0.15) is 6.61 Å². The summed E-state index contributed by atoms with van der Waals surface area (Å²) < 4.78 is 0. The molecule has 0 heterocycles. The van der Waals surface area contributed by atoms with Crippen molar-refractivity contribution in [3.8, 4) is 0 Å². The molecule has 0 saturated heterocycles. The van der Waals surface area contributed by atoms with Crippen LogP contribution in [0, 0.1) is 10.1 Å². The Kier molecular flexibility index (Phi) is 4.87. The Labute approximate surface area is 78.5 Å². The molecule has 0 bridgehead atoms.